The molecule has 13 heavy (non-hydrogen) atoms. The van der Waals surface area contributed by atoms with E-state index in [1.807, 2.05) is 0 Å². The smallest absolute Gasteiger partial charge is 0.235 e. The third-order valence-electron chi connectivity index (χ3n) is 1.57. The van der Waals surface area contributed by atoms with Gasteiger partial charge in [0.2, 0.25) is 6.54 Å². The van der Waals surface area contributed by atoms with Crippen LogP contribution in [0.5, 0.6) is 0 Å². The van der Waals surface area contributed by atoms with E-state index in [1.54, 1.807) is 25.1 Å². The van der Waals surface area contributed by atoms with E-state index < -0.39 is 17.6 Å². The maximum Gasteiger partial charge on any atom is 0.235 e. The summed E-state index contributed by atoms with van der Waals surface area (Å²) < 4.78 is 0. The van der Waals surface area contributed by atoms with E-state index in [0.29, 0.717) is 5.69 Å². The second-order valence-electron chi connectivity index (χ2n) is 2.73. The van der Waals surface area contributed by atoms with E-state index in [2.05, 4.69) is 4.98 Å². The summed E-state index contributed by atoms with van der Waals surface area (Å²) in [6.07, 6.45) is -1.12. The van der Waals surface area contributed by atoms with Gasteiger partial charge in [-0.05, 0) is 19.1 Å². The van der Waals surface area contributed by atoms with Crippen LogP contribution in [0.15, 0.2) is 18.2 Å². The van der Waals surface area contributed by atoms with Crippen LogP contribution in [0.2, 0.25) is 0 Å². The normalized spacial score (nSPS) is 12.5. The third kappa shape index (κ3) is 2.79. The Bertz CT molecular complexity index is 314. The van der Waals surface area contributed by atoms with Crippen molar-refractivity contribution < 1.29 is 10.0 Å². The van der Waals surface area contributed by atoms with Gasteiger partial charge in [-0.3, -0.25) is 15.1 Å². The molecule has 0 aliphatic rings. The van der Waals surface area contributed by atoms with Crippen LogP contribution in [-0.4, -0.2) is 21.6 Å². The second-order valence-corrected chi connectivity index (χ2v) is 2.73. The Morgan fingerprint density at radius 1 is 1.69 bits per heavy atom. The van der Waals surface area contributed by atoms with E-state index in [0.717, 1.165) is 5.69 Å². The molecule has 1 heterocycles. The van der Waals surface area contributed by atoms with Crippen LogP contribution in [0.1, 0.15) is 17.5 Å². The molecular formula is C8H10N2O3. The van der Waals surface area contributed by atoms with Crippen molar-refractivity contribution in [1.29, 1.82) is 0 Å². The number of aryl methyl sites for hydroxylation is 1. The molecule has 1 unspecified atom stereocenters. The van der Waals surface area contributed by atoms with Gasteiger partial charge < -0.3 is 5.11 Å². The highest BCUT2D eigenvalue weighted by atomic mass is 16.6. The third-order valence-corrected chi connectivity index (χ3v) is 1.57. The molecule has 0 radical (unpaired) electrons. The van der Waals surface area contributed by atoms with Crippen LogP contribution < -0.4 is 0 Å². The van der Waals surface area contributed by atoms with Crippen molar-refractivity contribution in [2.45, 2.75) is 13.0 Å². The zero-order chi connectivity index (χ0) is 9.84. The molecule has 0 saturated carbocycles. The van der Waals surface area contributed by atoms with Gasteiger partial charge in [0, 0.05) is 10.6 Å². The Kier molecular flexibility index (Phi) is 2.92. The number of hydrogen-bond donors (Lipinski definition) is 1. The molecule has 0 amide bonds. The van der Waals surface area contributed by atoms with Crippen LogP contribution in [0.25, 0.3) is 0 Å². The van der Waals surface area contributed by atoms with E-state index >= 15 is 0 Å². The van der Waals surface area contributed by atoms with Gasteiger partial charge in [0.05, 0.1) is 5.69 Å². The summed E-state index contributed by atoms with van der Waals surface area (Å²) in [4.78, 5) is 13.5. The number of nitro groups is 1. The van der Waals surface area contributed by atoms with Crippen LogP contribution in [0.4, 0.5) is 0 Å². The standard InChI is InChI=1S/C8H10N2O3/c1-6-3-2-4-7(9-6)8(11)5-10(12)13/h2-4,8,11H,5H2,1H3. The fourth-order valence-electron chi connectivity index (χ4n) is 0.984. The van der Waals surface area contributed by atoms with Gasteiger partial charge in [-0.15, -0.1) is 0 Å². The fraction of sp³-hybridized carbons (Fsp3) is 0.375. The Hall–Kier alpha value is -1.49. The van der Waals surface area contributed by atoms with E-state index in [9.17, 15) is 15.2 Å². The summed E-state index contributed by atoms with van der Waals surface area (Å²) in [7, 11) is 0. The predicted octanol–water partition coefficient (Wildman–Crippen LogP) is 0.700. The molecule has 1 N–H and O–H groups in total. The van der Waals surface area contributed by atoms with E-state index in [1.165, 1.54) is 0 Å². The second kappa shape index (κ2) is 3.95. The molecule has 0 aliphatic carbocycles. The molecule has 0 bridgehead atoms. The molecule has 70 valence electrons. The molecule has 1 atom stereocenters. The van der Waals surface area contributed by atoms with Crippen molar-refractivity contribution in [3.63, 3.8) is 0 Å². The Balaban J connectivity index is 2.76. The number of aliphatic hydroxyl groups excluding tert-OH is 1. The lowest BCUT2D eigenvalue weighted by Crippen LogP contribution is -2.13. The quantitative estimate of drug-likeness (QED) is 0.551. The summed E-state index contributed by atoms with van der Waals surface area (Å²) in [6, 6.07) is 5.05. The number of pyridine rings is 1. The number of rotatable bonds is 3. The molecule has 5 heteroatoms. The van der Waals surface area contributed by atoms with Gasteiger partial charge in [0.15, 0.2) is 6.10 Å². The van der Waals surface area contributed by atoms with Gasteiger partial charge in [-0.1, -0.05) is 6.07 Å². The highest BCUT2D eigenvalue weighted by Gasteiger charge is 2.14. The van der Waals surface area contributed by atoms with Gasteiger partial charge in [-0.2, -0.15) is 0 Å². The molecule has 0 aliphatic heterocycles. The zero-order valence-corrected chi connectivity index (χ0v) is 7.17. The average molecular weight is 182 g/mol. The fourth-order valence-corrected chi connectivity index (χ4v) is 0.984. The van der Waals surface area contributed by atoms with Gasteiger partial charge in [0.1, 0.15) is 0 Å². The van der Waals surface area contributed by atoms with Crippen LogP contribution in [-0.2, 0) is 0 Å². The molecule has 0 fully saturated rings. The van der Waals surface area contributed by atoms with Crippen molar-refractivity contribution in [1.82, 2.24) is 4.98 Å². The molecule has 5 nitrogen and oxygen atoms in total. The van der Waals surface area contributed by atoms with Crippen molar-refractivity contribution >= 4 is 0 Å². The Morgan fingerprint density at radius 2 is 2.38 bits per heavy atom. The lowest BCUT2D eigenvalue weighted by atomic mass is 10.2. The van der Waals surface area contributed by atoms with E-state index in [4.69, 9.17) is 0 Å². The first-order valence-corrected chi connectivity index (χ1v) is 3.83. The minimum atomic E-state index is -1.12. The zero-order valence-electron chi connectivity index (χ0n) is 7.17. The molecule has 1 rings (SSSR count). The monoisotopic (exact) mass is 182 g/mol. The van der Waals surface area contributed by atoms with Crippen LogP contribution in [0.3, 0.4) is 0 Å². The average Bonchev–Trinajstić information content (AvgIpc) is 2.03. The molecule has 1 aromatic rings. The van der Waals surface area contributed by atoms with E-state index in [-0.39, 0.29) is 0 Å². The summed E-state index contributed by atoms with van der Waals surface area (Å²) in [6.45, 7) is 1.26. The first-order valence-electron chi connectivity index (χ1n) is 3.83. The highest BCUT2D eigenvalue weighted by molar-refractivity contribution is 5.11. The SMILES string of the molecule is Cc1cccc(C(O)C[N+](=O)[O-])n1. The van der Waals surface area contributed by atoms with Crippen molar-refractivity contribution in [2.24, 2.45) is 0 Å². The van der Waals surface area contributed by atoms with Crippen molar-refractivity contribution in [3.05, 3.63) is 39.7 Å². The summed E-state index contributed by atoms with van der Waals surface area (Å²) >= 11 is 0. The summed E-state index contributed by atoms with van der Waals surface area (Å²) in [5.41, 5.74) is 1.08. The van der Waals surface area contributed by atoms with Gasteiger partial charge in [0.25, 0.3) is 0 Å². The Labute approximate surface area is 75.2 Å². The minimum Gasteiger partial charge on any atom is -0.380 e. The number of aromatic nitrogens is 1. The number of nitrogens with zero attached hydrogens (tertiary/aromatic N) is 2. The van der Waals surface area contributed by atoms with Crippen molar-refractivity contribution in [2.75, 3.05) is 6.54 Å². The van der Waals surface area contributed by atoms with Crippen molar-refractivity contribution in [3.8, 4) is 0 Å². The first-order chi connectivity index (χ1) is 6.09. The summed E-state index contributed by atoms with van der Waals surface area (Å²) in [5.74, 6) is 0. The Morgan fingerprint density at radius 3 is 2.92 bits per heavy atom. The molecular weight excluding hydrogens is 172 g/mol. The summed E-state index contributed by atoms with van der Waals surface area (Å²) in [5, 5.41) is 19.4. The lowest BCUT2D eigenvalue weighted by molar-refractivity contribution is -0.491. The topological polar surface area (TPSA) is 76.3 Å². The van der Waals surface area contributed by atoms with Gasteiger partial charge >= 0.3 is 0 Å². The maximum atomic E-state index is 10.1. The molecule has 0 spiro atoms. The molecule has 0 saturated heterocycles. The molecule has 1 aromatic heterocycles. The predicted molar refractivity (Wildman–Crippen MR) is 45.8 cm³/mol. The lowest BCUT2D eigenvalue weighted by Gasteiger charge is -2.05. The maximum absolute atomic E-state index is 10.1. The number of aliphatic hydroxyl groups is 1. The molecule has 0 aromatic carbocycles. The first kappa shape index (κ1) is 9.60. The van der Waals surface area contributed by atoms with Crippen LogP contribution >= 0.6 is 0 Å². The number of hydrogen-bond acceptors (Lipinski definition) is 4. The highest BCUT2D eigenvalue weighted by Crippen LogP contribution is 2.09. The minimum absolute atomic E-state index is 0.344. The van der Waals surface area contributed by atoms with Crippen LogP contribution in [0, 0.1) is 17.0 Å². The largest absolute Gasteiger partial charge is 0.380 e. The van der Waals surface area contributed by atoms with Gasteiger partial charge in [-0.25, -0.2) is 0 Å².